The van der Waals surface area contributed by atoms with Crippen LogP contribution in [0.3, 0.4) is 0 Å². The second kappa shape index (κ2) is 8.75. The number of nitrogens with zero attached hydrogens (tertiary/aromatic N) is 2. The van der Waals surface area contributed by atoms with Crippen LogP contribution >= 0.6 is 0 Å². The van der Waals surface area contributed by atoms with Gasteiger partial charge in [-0.05, 0) is 12.8 Å². The Bertz CT molecular complexity index is 290. The summed E-state index contributed by atoms with van der Waals surface area (Å²) in [6.07, 6.45) is 8.93. The Morgan fingerprint density at radius 2 is 2.33 bits per heavy atom. The molecule has 0 unspecified atom stereocenters. The molecule has 0 saturated carbocycles. The number of aliphatic imine (C=N–C) groups is 1. The van der Waals surface area contributed by atoms with Crippen molar-refractivity contribution in [1.29, 1.82) is 0 Å². The number of terminal acetylenes is 1. The fourth-order valence-electron chi connectivity index (χ4n) is 0.824. The van der Waals surface area contributed by atoms with Crippen molar-refractivity contribution in [1.82, 2.24) is 0 Å². The van der Waals surface area contributed by atoms with Gasteiger partial charge in [0, 0.05) is 13.0 Å². The molecule has 0 aromatic carbocycles. The lowest BCUT2D eigenvalue weighted by Crippen LogP contribution is -2.19. The van der Waals surface area contributed by atoms with Gasteiger partial charge >= 0.3 is 5.97 Å². The van der Waals surface area contributed by atoms with E-state index in [0.717, 1.165) is 19.3 Å². The van der Waals surface area contributed by atoms with Gasteiger partial charge in [0.1, 0.15) is 0 Å². The average Bonchev–Trinajstić information content (AvgIpc) is 2.27. The van der Waals surface area contributed by atoms with E-state index < -0.39 is 5.97 Å². The monoisotopic (exact) mass is 209 g/mol. The molecule has 0 aliphatic heterocycles. The molecular weight excluding hydrogens is 194 g/mol. The summed E-state index contributed by atoms with van der Waals surface area (Å²) in [4.78, 5) is 14.9. The number of esters is 1. The average molecular weight is 209 g/mol. The Morgan fingerprint density at radius 1 is 1.60 bits per heavy atom. The first-order valence-corrected chi connectivity index (χ1v) is 4.55. The summed E-state index contributed by atoms with van der Waals surface area (Å²) in [5, 5.41) is 3.25. The van der Waals surface area contributed by atoms with E-state index in [4.69, 9.17) is 12.3 Å². The van der Waals surface area contributed by atoms with Crippen LogP contribution in [-0.4, -0.2) is 31.6 Å². The van der Waals surface area contributed by atoms with Crippen LogP contribution in [0.15, 0.2) is 10.1 Å². The lowest BCUT2D eigenvalue weighted by atomic mass is 10.2. The fourth-order valence-corrected chi connectivity index (χ4v) is 0.824. The molecule has 0 radical (unpaired) electrons. The summed E-state index contributed by atoms with van der Waals surface area (Å²) in [6, 6.07) is 0. The molecule has 0 rings (SSSR count). The van der Waals surface area contributed by atoms with Gasteiger partial charge in [-0.15, -0.1) is 12.3 Å². The smallest absolute Gasteiger partial charge is 0.360 e. The maximum atomic E-state index is 11.0. The largest absolute Gasteiger partial charge is 0.464 e. The Kier molecular flexibility index (Phi) is 7.69. The molecule has 82 valence electrons. The quantitative estimate of drug-likeness (QED) is 0.171. The first-order valence-electron chi connectivity index (χ1n) is 4.55. The second-order valence-electron chi connectivity index (χ2n) is 2.70. The standard InChI is InChI=1S/C10H15N3O2/c1-3-4-5-6-7-12-8-9(13-11)10(14)15-2/h1,8H,4-7,11H2,2H3. The number of methoxy groups -OCH3 is 1. The summed E-state index contributed by atoms with van der Waals surface area (Å²) in [7, 11) is 1.26. The third kappa shape index (κ3) is 6.27. The van der Waals surface area contributed by atoms with E-state index in [9.17, 15) is 4.79 Å². The molecule has 0 atom stereocenters. The lowest BCUT2D eigenvalue weighted by Gasteiger charge is -1.96. The van der Waals surface area contributed by atoms with Gasteiger partial charge in [0.2, 0.25) is 0 Å². The number of nitrogens with two attached hydrogens (primary N) is 1. The zero-order valence-electron chi connectivity index (χ0n) is 8.77. The third-order valence-corrected chi connectivity index (χ3v) is 1.61. The maximum absolute atomic E-state index is 11.0. The van der Waals surface area contributed by atoms with Crippen molar-refractivity contribution in [3.63, 3.8) is 0 Å². The van der Waals surface area contributed by atoms with Gasteiger partial charge in [-0.3, -0.25) is 4.99 Å². The number of hydrogen-bond acceptors (Lipinski definition) is 5. The SMILES string of the molecule is C#CCCCCN=CC(=NN)C(=O)OC. The summed E-state index contributed by atoms with van der Waals surface area (Å²) in [5.41, 5.74) is 0.00875. The fraction of sp³-hybridized carbons (Fsp3) is 0.500. The normalized spacial score (nSPS) is 11.3. The molecule has 0 heterocycles. The zero-order valence-corrected chi connectivity index (χ0v) is 8.77. The highest BCUT2D eigenvalue weighted by Crippen LogP contribution is 1.93. The van der Waals surface area contributed by atoms with Crippen LogP contribution in [0.25, 0.3) is 0 Å². The summed E-state index contributed by atoms with van der Waals surface area (Å²) in [5.74, 6) is 6.92. The second-order valence-corrected chi connectivity index (χ2v) is 2.70. The van der Waals surface area contributed by atoms with E-state index in [0.29, 0.717) is 6.54 Å². The number of rotatable bonds is 6. The van der Waals surface area contributed by atoms with Crippen molar-refractivity contribution < 1.29 is 9.53 Å². The van der Waals surface area contributed by atoms with Crippen molar-refractivity contribution in [2.75, 3.05) is 13.7 Å². The van der Waals surface area contributed by atoms with Gasteiger partial charge in [-0.25, -0.2) is 4.79 Å². The first-order chi connectivity index (χ1) is 7.26. The van der Waals surface area contributed by atoms with E-state index in [2.05, 4.69) is 20.8 Å². The van der Waals surface area contributed by atoms with Crippen molar-refractivity contribution in [3.05, 3.63) is 0 Å². The first kappa shape index (κ1) is 13.2. The topological polar surface area (TPSA) is 77.0 Å². The molecule has 0 aromatic heterocycles. The van der Waals surface area contributed by atoms with Gasteiger partial charge in [0.15, 0.2) is 5.71 Å². The number of carbonyl (C=O) groups excluding carboxylic acids is 1. The van der Waals surface area contributed by atoms with Crippen LogP contribution in [-0.2, 0) is 9.53 Å². The van der Waals surface area contributed by atoms with Gasteiger partial charge in [-0.2, -0.15) is 5.10 Å². The Morgan fingerprint density at radius 3 is 2.87 bits per heavy atom. The third-order valence-electron chi connectivity index (χ3n) is 1.61. The zero-order chi connectivity index (χ0) is 11.5. The molecule has 0 bridgehead atoms. The molecule has 2 N–H and O–H groups in total. The Labute approximate surface area is 89.4 Å². The molecule has 0 aliphatic carbocycles. The number of hydrogen-bond donors (Lipinski definition) is 1. The molecule has 5 nitrogen and oxygen atoms in total. The van der Waals surface area contributed by atoms with E-state index in [1.54, 1.807) is 0 Å². The van der Waals surface area contributed by atoms with E-state index in [-0.39, 0.29) is 5.71 Å². The maximum Gasteiger partial charge on any atom is 0.360 e. The summed E-state index contributed by atoms with van der Waals surface area (Å²) >= 11 is 0. The van der Waals surface area contributed by atoms with Crippen LogP contribution in [0.2, 0.25) is 0 Å². The molecule has 0 amide bonds. The van der Waals surface area contributed by atoms with E-state index >= 15 is 0 Å². The van der Waals surface area contributed by atoms with E-state index in [1.165, 1.54) is 13.3 Å². The molecule has 0 saturated heterocycles. The van der Waals surface area contributed by atoms with Crippen LogP contribution in [0.5, 0.6) is 0 Å². The minimum atomic E-state index is -0.593. The minimum absolute atomic E-state index is 0.00875. The van der Waals surface area contributed by atoms with Crippen molar-refractivity contribution in [2.24, 2.45) is 15.9 Å². The predicted octanol–water partition coefficient (Wildman–Crippen LogP) is 0.348. The molecule has 0 aliphatic rings. The molecule has 0 aromatic rings. The van der Waals surface area contributed by atoms with Crippen molar-refractivity contribution >= 4 is 17.9 Å². The number of hydrazone groups is 1. The molecule has 0 fully saturated rings. The highest BCUT2D eigenvalue weighted by atomic mass is 16.5. The van der Waals surface area contributed by atoms with Gasteiger partial charge in [0.05, 0.1) is 13.3 Å². The number of carbonyl (C=O) groups is 1. The molecule has 5 heteroatoms. The highest BCUT2D eigenvalue weighted by Gasteiger charge is 2.07. The number of unbranched alkanes of at least 4 members (excludes halogenated alkanes) is 2. The van der Waals surface area contributed by atoms with Crippen LogP contribution in [0.4, 0.5) is 0 Å². The van der Waals surface area contributed by atoms with Gasteiger partial charge in [0.25, 0.3) is 0 Å². The lowest BCUT2D eigenvalue weighted by molar-refractivity contribution is -0.132. The minimum Gasteiger partial charge on any atom is -0.464 e. The summed E-state index contributed by atoms with van der Waals surface area (Å²) < 4.78 is 4.43. The van der Waals surface area contributed by atoms with Gasteiger partial charge < -0.3 is 10.6 Å². The molecular formula is C10H15N3O2. The summed E-state index contributed by atoms with van der Waals surface area (Å²) in [6.45, 7) is 0.595. The van der Waals surface area contributed by atoms with Crippen LogP contribution < -0.4 is 5.84 Å². The van der Waals surface area contributed by atoms with Crippen molar-refractivity contribution in [2.45, 2.75) is 19.3 Å². The predicted molar refractivity (Wildman–Crippen MR) is 59.7 cm³/mol. The van der Waals surface area contributed by atoms with Crippen molar-refractivity contribution in [3.8, 4) is 12.3 Å². The van der Waals surface area contributed by atoms with Crippen LogP contribution in [0, 0.1) is 12.3 Å². The Balaban J connectivity index is 3.84. The highest BCUT2D eigenvalue weighted by molar-refractivity contribution is 6.59. The Hall–Kier alpha value is -1.83. The number of ether oxygens (including phenoxy) is 1. The van der Waals surface area contributed by atoms with E-state index in [1.807, 2.05) is 0 Å². The van der Waals surface area contributed by atoms with Crippen LogP contribution in [0.1, 0.15) is 19.3 Å². The molecule has 15 heavy (non-hydrogen) atoms. The molecule has 0 spiro atoms. The van der Waals surface area contributed by atoms with Gasteiger partial charge in [-0.1, -0.05) is 0 Å².